The summed E-state index contributed by atoms with van der Waals surface area (Å²) in [7, 11) is 1.42. The van der Waals surface area contributed by atoms with E-state index in [0.29, 0.717) is 16.7 Å². The SMILES string of the molecule is COc1cc2occ(-c3ccc(O)cc3)c(=O)c2cc1O. The summed E-state index contributed by atoms with van der Waals surface area (Å²) in [5.41, 5.74) is 1.04. The maximum Gasteiger partial charge on any atom is 0.200 e. The number of hydrogen-bond donors (Lipinski definition) is 2. The number of phenols is 2. The van der Waals surface area contributed by atoms with Crippen molar-refractivity contribution in [1.29, 1.82) is 0 Å². The number of phenolic OH excluding ortho intramolecular Hbond substituents is 2. The summed E-state index contributed by atoms with van der Waals surface area (Å²) in [6.45, 7) is 0. The highest BCUT2D eigenvalue weighted by Crippen LogP contribution is 2.31. The topological polar surface area (TPSA) is 79.9 Å². The van der Waals surface area contributed by atoms with Crippen LogP contribution in [0.3, 0.4) is 0 Å². The highest BCUT2D eigenvalue weighted by Gasteiger charge is 2.12. The molecule has 5 heteroatoms. The van der Waals surface area contributed by atoms with E-state index >= 15 is 0 Å². The van der Waals surface area contributed by atoms with Crippen LogP contribution in [0.25, 0.3) is 22.1 Å². The van der Waals surface area contributed by atoms with Crippen molar-refractivity contribution in [2.75, 3.05) is 7.11 Å². The molecule has 3 rings (SSSR count). The minimum Gasteiger partial charge on any atom is -0.508 e. The molecule has 0 radical (unpaired) electrons. The number of aromatic hydroxyl groups is 2. The van der Waals surface area contributed by atoms with Gasteiger partial charge < -0.3 is 19.4 Å². The number of rotatable bonds is 2. The molecule has 0 aliphatic heterocycles. The Morgan fingerprint density at radius 3 is 2.48 bits per heavy atom. The first-order valence-corrected chi connectivity index (χ1v) is 6.22. The second kappa shape index (κ2) is 4.86. The Hall–Kier alpha value is -2.95. The molecule has 0 bridgehead atoms. The van der Waals surface area contributed by atoms with E-state index in [1.165, 1.54) is 37.6 Å². The molecule has 5 nitrogen and oxygen atoms in total. The summed E-state index contributed by atoms with van der Waals surface area (Å²) in [5, 5.41) is 19.3. The molecule has 21 heavy (non-hydrogen) atoms. The number of benzene rings is 2. The van der Waals surface area contributed by atoms with Crippen LogP contribution in [0.2, 0.25) is 0 Å². The molecule has 0 saturated heterocycles. The van der Waals surface area contributed by atoms with Gasteiger partial charge in [-0.1, -0.05) is 12.1 Å². The normalized spacial score (nSPS) is 10.7. The first kappa shape index (κ1) is 13.1. The van der Waals surface area contributed by atoms with Gasteiger partial charge in [0.2, 0.25) is 5.43 Å². The van der Waals surface area contributed by atoms with E-state index in [9.17, 15) is 15.0 Å². The van der Waals surface area contributed by atoms with Crippen molar-refractivity contribution in [2.24, 2.45) is 0 Å². The van der Waals surface area contributed by atoms with E-state index < -0.39 is 0 Å². The number of ether oxygens (including phenoxy) is 1. The van der Waals surface area contributed by atoms with Gasteiger partial charge >= 0.3 is 0 Å². The smallest absolute Gasteiger partial charge is 0.200 e. The molecule has 0 spiro atoms. The van der Waals surface area contributed by atoms with Crippen molar-refractivity contribution in [3.63, 3.8) is 0 Å². The van der Waals surface area contributed by atoms with Crippen molar-refractivity contribution in [2.45, 2.75) is 0 Å². The van der Waals surface area contributed by atoms with Crippen molar-refractivity contribution in [1.82, 2.24) is 0 Å². The Morgan fingerprint density at radius 2 is 1.81 bits per heavy atom. The lowest BCUT2D eigenvalue weighted by atomic mass is 10.1. The van der Waals surface area contributed by atoms with E-state index in [0.717, 1.165) is 0 Å². The van der Waals surface area contributed by atoms with Crippen LogP contribution in [0.5, 0.6) is 17.2 Å². The first-order chi connectivity index (χ1) is 10.1. The molecule has 1 aromatic heterocycles. The molecule has 0 saturated carbocycles. The van der Waals surface area contributed by atoms with Crippen LogP contribution in [0.15, 0.2) is 51.9 Å². The zero-order valence-electron chi connectivity index (χ0n) is 11.2. The molecule has 0 unspecified atom stereocenters. The van der Waals surface area contributed by atoms with Gasteiger partial charge in [-0.2, -0.15) is 0 Å². The zero-order valence-corrected chi connectivity index (χ0v) is 11.2. The van der Waals surface area contributed by atoms with Crippen LogP contribution in [-0.2, 0) is 0 Å². The second-order valence-electron chi connectivity index (χ2n) is 4.55. The lowest BCUT2D eigenvalue weighted by molar-refractivity contribution is 0.373. The molecule has 0 aliphatic carbocycles. The molecular weight excluding hydrogens is 272 g/mol. The van der Waals surface area contributed by atoms with Gasteiger partial charge in [0.05, 0.1) is 18.1 Å². The number of hydrogen-bond acceptors (Lipinski definition) is 5. The molecule has 2 aromatic carbocycles. The second-order valence-corrected chi connectivity index (χ2v) is 4.55. The fourth-order valence-corrected chi connectivity index (χ4v) is 2.15. The Bertz CT molecular complexity index is 862. The average Bonchev–Trinajstić information content (AvgIpc) is 2.49. The molecule has 0 atom stereocenters. The molecular formula is C16H12O5. The maximum atomic E-state index is 12.5. The van der Waals surface area contributed by atoms with Gasteiger partial charge in [-0.25, -0.2) is 0 Å². The molecule has 1 heterocycles. The van der Waals surface area contributed by atoms with Crippen LogP contribution in [-0.4, -0.2) is 17.3 Å². The van der Waals surface area contributed by atoms with Gasteiger partial charge in [-0.05, 0) is 23.8 Å². The Balaban J connectivity index is 2.25. The van der Waals surface area contributed by atoms with Crippen molar-refractivity contribution >= 4 is 11.0 Å². The highest BCUT2D eigenvalue weighted by molar-refractivity contribution is 5.84. The minimum atomic E-state index is -0.264. The van der Waals surface area contributed by atoms with Crippen LogP contribution in [0, 0.1) is 0 Å². The Morgan fingerprint density at radius 1 is 1.10 bits per heavy atom. The van der Waals surface area contributed by atoms with Gasteiger partial charge in [-0.15, -0.1) is 0 Å². The standard InChI is InChI=1S/C16H12O5/c1-20-15-7-14-11(6-13(15)18)16(19)12(8-21-14)9-2-4-10(17)5-3-9/h2-8,17-18H,1H3. The molecule has 106 valence electrons. The summed E-state index contributed by atoms with van der Waals surface area (Å²) in [6, 6.07) is 9.01. The van der Waals surface area contributed by atoms with Gasteiger partial charge in [-0.3, -0.25) is 4.79 Å². The third-order valence-electron chi connectivity index (χ3n) is 3.25. The predicted octanol–water partition coefficient (Wildman–Crippen LogP) is 2.88. The summed E-state index contributed by atoms with van der Waals surface area (Å²) in [4.78, 5) is 12.5. The molecule has 3 aromatic rings. The van der Waals surface area contributed by atoms with E-state index in [1.807, 2.05) is 0 Å². The van der Waals surface area contributed by atoms with Gasteiger partial charge in [0.1, 0.15) is 17.6 Å². The van der Waals surface area contributed by atoms with Crippen LogP contribution >= 0.6 is 0 Å². The third-order valence-corrected chi connectivity index (χ3v) is 3.25. The van der Waals surface area contributed by atoms with E-state index in [4.69, 9.17) is 9.15 Å². The van der Waals surface area contributed by atoms with Gasteiger partial charge in [0, 0.05) is 6.07 Å². The van der Waals surface area contributed by atoms with Crippen molar-refractivity contribution in [3.05, 3.63) is 52.9 Å². The molecule has 0 aliphatic rings. The van der Waals surface area contributed by atoms with Crippen molar-refractivity contribution in [3.8, 4) is 28.4 Å². The van der Waals surface area contributed by atoms with Crippen molar-refractivity contribution < 1.29 is 19.4 Å². The maximum absolute atomic E-state index is 12.5. The molecule has 2 N–H and O–H groups in total. The predicted molar refractivity (Wildman–Crippen MR) is 77.8 cm³/mol. The first-order valence-electron chi connectivity index (χ1n) is 6.22. The third kappa shape index (κ3) is 2.18. The summed E-state index contributed by atoms with van der Waals surface area (Å²) < 4.78 is 10.4. The van der Waals surface area contributed by atoms with Crippen LogP contribution in [0.4, 0.5) is 0 Å². The average molecular weight is 284 g/mol. The fraction of sp³-hybridized carbons (Fsp3) is 0.0625. The monoisotopic (exact) mass is 284 g/mol. The van der Waals surface area contributed by atoms with Gasteiger partial charge in [0.15, 0.2) is 11.5 Å². The fourth-order valence-electron chi connectivity index (χ4n) is 2.15. The van der Waals surface area contributed by atoms with E-state index in [2.05, 4.69) is 0 Å². The van der Waals surface area contributed by atoms with Crippen LogP contribution in [0.1, 0.15) is 0 Å². The number of fused-ring (bicyclic) bond motifs is 1. The lowest BCUT2D eigenvalue weighted by Gasteiger charge is -2.06. The Kier molecular flexibility index (Phi) is 3.02. The largest absolute Gasteiger partial charge is 0.508 e. The van der Waals surface area contributed by atoms with Gasteiger partial charge in [0.25, 0.3) is 0 Å². The van der Waals surface area contributed by atoms with E-state index in [-0.39, 0.29) is 28.1 Å². The molecule has 0 fully saturated rings. The Labute approximate surface area is 119 Å². The quantitative estimate of drug-likeness (QED) is 0.756. The minimum absolute atomic E-state index is 0.117. The number of methoxy groups -OCH3 is 1. The van der Waals surface area contributed by atoms with E-state index in [1.54, 1.807) is 12.1 Å². The van der Waals surface area contributed by atoms with Crippen LogP contribution < -0.4 is 10.2 Å². The molecule has 0 amide bonds. The summed E-state index contributed by atoms with van der Waals surface area (Å²) >= 11 is 0. The zero-order chi connectivity index (χ0) is 15.0. The highest BCUT2D eigenvalue weighted by atomic mass is 16.5. The summed E-state index contributed by atoms with van der Waals surface area (Å²) in [6.07, 6.45) is 1.35. The lowest BCUT2D eigenvalue weighted by Crippen LogP contribution is -2.04. The summed E-state index contributed by atoms with van der Waals surface area (Å²) in [5.74, 6) is 0.231.